The van der Waals surface area contributed by atoms with Gasteiger partial charge in [0.05, 0.1) is 6.54 Å². The Bertz CT molecular complexity index is 602. The van der Waals surface area contributed by atoms with Gasteiger partial charge in [0, 0.05) is 23.6 Å². The van der Waals surface area contributed by atoms with Gasteiger partial charge in [0.1, 0.15) is 17.5 Å². The van der Waals surface area contributed by atoms with Crippen molar-refractivity contribution in [2.75, 3.05) is 13.1 Å². The number of nitrogens with zero attached hydrogens (tertiary/aromatic N) is 1. The smallest absolute Gasteiger partial charge is 0.410 e. The van der Waals surface area contributed by atoms with Crippen molar-refractivity contribution in [3.05, 3.63) is 28.8 Å². The van der Waals surface area contributed by atoms with Crippen LogP contribution in [0.2, 0.25) is 5.02 Å². The molecule has 0 radical (unpaired) electrons. The zero-order valence-electron chi connectivity index (χ0n) is 15.5. The van der Waals surface area contributed by atoms with Crippen LogP contribution in [-0.4, -0.2) is 35.8 Å². The average molecular weight is 354 g/mol. The molecule has 5 heteroatoms. The fraction of sp³-hybridized carbons (Fsp3) is 0.632. The number of amides is 1. The lowest BCUT2D eigenvalue weighted by Gasteiger charge is -2.26. The fourth-order valence-electron chi connectivity index (χ4n) is 2.69. The second kappa shape index (κ2) is 6.83. The molecule has 134 valence electrons. The van der Waals surface area contributed by atoms with E-state index in [-0.39, 0.29) is 17.6 Å². The van der Waals surface area contributed by atoms with Gasteiger partial charge in [-0.1, -0.05) is 32.4 Å². The summed E-state index contributed by atoms with van der Waals surface area (Å²) in [6, 6.07) is 5.71. The minimum atomic E-state index is -0.481. The number of hydrogen-bond acceptors (Lipinski definition) is 3. The maximum absolute atomic E-state index is 12.2. The zero-order valence-corrected chi connectivity index (χ0v) is 16.2. The lowest BCUT2D eigenvalue weighted by atomic mass is 9.86. The van der Waals surface area contributed by atoms with Gasteiger partial charge in [0.2, 0.25) is 0 Å². The molecule has 1 aliphatic rings. The molecule has 24 heavy (non-hydrogen) atoms. The van der Waals surface area contributed by atoms with Crippen LogP contribution >= 0.6 is 11.6 Å². The number of halogens is 1. The van der Waals surface area contributed by atoms with Crippen LogP contribution < -0.4 is 4.74 Å². The second-order valence-corrected chi connectivity index (χ2v) is 8.78. The van der Waals surface area contributed by atoms with Crippen molar-refractivity contribution in [3.63, 3.8) is 0 Å². The van der Waals surface area contributed by atoms with E-state index < -0.39 is 5.60 Å². The van der Waals surface area contributed by atoms with Gasteiger partial charge in [-0.3, -0.25) is 0 Å². The van der Waals surface area contributed by atoms with Crippen molar-refractivity contribution in [2.24, 2.45) is 0 Å². The van der Waals surface area contributed by atoms with Crippen LogP contribution in [0, 0.1) is 0 Å². The highest BCUT2D eigenvalue weighted by Gasteiger charge is 2.32. The lowest BCUT2D eigenvalue weighted by Crippen LogP contribution is -2.36. The minimum Gasteiger partial charge on any atom is -0.488 e. The standard InChI is InChI=1S/C19H28ClNO3/c1-18(2,3)15-11-13(20)7-8-16(15)23-14-9-10-21(12-14)17(22)24-19(4,5)6/h7-8,11,14H,9-10,12H2,1-6H3. The number of carbonyl (C=O) groups is 1. The second-order valence-electron chi connectivity index (χ2n) is 8.35. The van der Waals surface area contributed by atoms with Crippen LogP contribution in [0.25, 0.3) is 0 Å². The third-order valence-corrected chi connectivity index (χ3v) is 4.08. The van der Waals surface area contributed by atoms with E-state index in [1.54, 1.807) is 4.90 Å². The SMILES string of the molecule is CC(C)(C)OC(=O)N1CCC(Oc2ccc(Cl)cc2C(C)(C)C)C1. The molecule has 1 atom stereocenters. The van der Waals surface area contributed by atoms with Gasteiger partial charge in [0.15, 0.2) is 0 Å². The van der Waals surface area contributed by atoms with E-state index in [0.717, 1.165) is 17.7 Å². The van der Waals surface area contributed by atoms with E-state index in [4.69, 9.17) is 21.1 Å². The highest BCUT2D eigenvalue weighted by molar-refractivity contribution is 6.30. The average Bonchev–Trinajstić information content (AvgIpc) is 2.86. The van der Waals surface area contributed by atoms with E-state index >= 15 is 0 Å². The maximum atomic E-state index is 12.2. The molecule has 1 amide bonds. The Morgan fingerprint density at radius 2 is 1.88 bits per heavy atom. The first-order valence-corrected chi connectivity index (χ1v) is 8.78. The molecule has 1 heterocycles. The Morgan fingerprint density at radius 3 is 2.46 bits per heavy atom. The Kier molecular flexibility index (Phi) is 5.38. The van der Waals surface area contributed by atoms with Crippen molar-refractivity contribution in [3.8, 4) is 5.75 Å². The first-order chi connectivity index (χ1) is 11.0. The molecule has 0 aliphatic carbocycles. The first-order valence-electron chi connectivity index (χ1n) is 8.40. The summed E-state index contributed by atoms with van der Waals surface area (Å²) >= 11 is 6.14. The third kappa shape index (κ3) is 5.04. The maximum Gasteiger partial charge on any atom is 0.410 e. The predicted molar refractivity (Wildman–Crippen MR) is 97.0 cm³/mol. The molecule has 1 aromatic carbocycles. The number of hydrogen-bond donors (Lipinski definition) is 0. The summed E-state index contributed by atoms with van der Waals surface area (Å²) in [5.41, 5.74) is 0.528. The molecule has 0 bridgehead atoms. The quantitative estimate of drug-likeness (QED) is 0.748. The van der Waals surface area contributed by atoms with Crippen LogP contribution in [0.5, 0.6) is 5.75 Å². The van der Waals surface area contributed by atoms with Crippen molar-refractivity contribution < 1.29 is 14.3 Å². The molecular formula is C19H28ClNO3. The summed E-state index contributed by atoms with van der Waals surface area (Å²) in [6.07, 6.45) is 0.492. The number of likely N-dealkylation sites (tertiary alicyclic amines) is 1. The molecule has 1 aliphatic heterocycles. The van der Waals surface area contributed by atoms with Gasteiger partial charge in [-0.2, -0.15) is 0 Å². The largest absolute Gasteiger partial charge is 0.488 e. The summed E-state index contributed by atoms with van der Waals surface area (Å²) in [7, 11) is 0. The van der Waals surface area contributed by atoms with E-state index in [2.05, 4.69) is 20.8 Å². The molecule has 0 saturated carbocycles. The van der Waals surface area contributed by atoms with Crippen LogP contribution in [0.3, 0.4) is 0 Å². The number of ether oxygens (including phenoxy) is 2. The van der Waals surface area contributed by atoms with Gasteiger partial charge in [-0.05, 0) is 44.4 Å². The molecular weight excluding hydrogens is 326 g/mol. The summed E-state index contributed by atoms with van der Waals surface area (Å²) in [4.78, 5) is 13.9. The topological polar surface area (TPSA) is 38.8 Å². The number of rotatable bonds is 2. The minimum absolute atomic E-state index is 0.0280. The van der Waals surface area contributed by atoms with Gasteiger partial charge < -0.3 is 14.4 Å². The molecule has 2 rings (SSSR count). The summed E-state index contributed by atoms with van der Waals surface area (Å²) in [5, 5.41) is 0.703. The molecule has 1 fully saturated rings. The van der Waals surface area contributed by atoms with Gasteiger partial charge in [0.25, 0.3) is 0 Å². The number of benzene rings is 1. The third-order valence-electron chi connectivity index (χ3n) is 3.84. The Labute approximate surface area is 150 Å². The van der Waals surface area contributed by atoms with Crippen LogP contribution in [-0.2, 0) is 10.2 Å². The first kappa shape index (κ1) is 18.9. The Morgan fingerprint density at radius 1 is 1.21 bits per heavy atom. The molecule has 0 aromatic heterocycles. The van der Waals surface area contributed by atoms with E-state index in [1.165, 1.54) is 0 Å². The molecule has 1 aromatic rings. The predicted octanol–water partition coefficient (Wildman–Crippen LogP) is 5.03. The van der Waals surface area contributed by atoms with Crippen molar-refractivity contribution in [1.82, 2.24) is 4.90 Å². The molecule has 0 spiro atoms. The van der Waals surface area contributed by atoms with Gasteiger partial charge in [-0.25, -0.2) is 4.79 Å². The zero-order chi connectivity index (χ0) is 18.1. The van der Waals surface area contributed by atoms with E-state index in [0.29, 0.717) is 18.1 Å². The fourth-order valence-corrected chi connectivity index (χ4v) is 2.86. The van der Waals surface area contributed by atoms with Crippen molar-refractivity contribution >= 4 is 17.7 Å². The van der Waals surface area contributed by atoms with Crippen LogP contribution in [0.4, 0.5) is 4.79 Å². The van der Waals surface area contributed by atoms with Crippen LogP contribution in [0.15, 0.2) is 18.2 Å². The molecule has 0 N–H and O–H groups in total. The highest BCUT2D eigenvalue weighted by Crippen LogP contribution is 2.35. The summed E-state index contributed by atoms with van der Waals surface area (Å²) < 4.78 is 11.6. The van der Waals surface area contributed by atoms with Crippen LogP contribution in [0.1, 0.15) is 53.5 Å². The normalized spacial score (nSPS) is 18.6. The van der Waals surface area contributed by atoms with Gasteiger partial charge >= 0.3 is 6.09 Å². The van der Waals surface area contributed by atoms with Crippen molar-refractivity contribution in [2.45, 2.75) is 65.1 Å². The molecule has 4 nitrogen and oxygen atoms in total. The molecule has 1 unspecified atom stereocenters. The highest BCUT2D eigenvalue weighted by atomic mass is 35.5. The Hall–Kier alpha value is -1.42. The van der Waals surface area contributed by atoms with E-state index in [9.17, 15) is 4.79 Å². The van der Waals surface area contributed by atoms with Crippen molar-refractivity contribution in [1.29, 1.82) is 0 Å². The lowest BCUT2D eigenvalue weighted by molar-refractivity contribution is 0.0275. The summed E-state index contributed by atoms with van der Waals surface area (Å²) in [6.45, 7) is 13.2. The Balaban J connectivity index is 2.05. The monoisotopic (exact) mass is 353 g/mol. The summed E-state index contributed by atoms with van der Waals surface area (Å²) in [5.74, 6) is 0.836. The van der Waals surface area contributed by atoms with Gasteiger partial charge in [-0.15, -0.1) is 0 Å². The van der Waals surface area contributed by atoms with E-state index in [1.807, 2.05) is 39.0 Å². The number of carbonyl (C=O) groups excluding carboxylic acids is 1. The molecule has 1 saturated heterocycles.